The molecule has 1 aromatic rings. The van der Waals surface area contributed by atoms with Crippen molar-refractivity contribution in [2.45, 2.75) is 43.8 Å². The van der Waals surface area contributed by atoms with Crippen LogP contribution in [0.5, 0.6) is 0 Å². The van der Waals surface area contributed by atoms with Gasteiger partial charge in [-0.25, -0.2) is 0 Å². The summed E-state index contributed by atoms with van der Waals surface area (Å²) in [6, 6.07) is 5.23. The lowest BCUT2D eigenvalue weighted by atomic mass is 9.76. The number of carbonyl (C=O) groups is 1. The van der Waals surface area contributed by atoms with Gasteiger partial charge in [0, 0.05) is 0 Å². The summed E-state index contributed by atoms with van der Waals surface area (Å²) in [6.45, 7) is -0.166. The molecule has 1 saturated carbocycles. The van der Waals surface area contributed by atoms with Gasteiger partial charge in [0.15, 0.2) is 0 Å². The zero-order valence-corrected chi connectivity index (χ0v) is 11.7. The largest absolute Gasteiger partial charge is 0.416 e. The van der Waals surface area contributed by atoms with Crippen molar-refractivity contribution >= 4 is 5.91 Å². The van der Waals surface area contributed by atoms with Gasteiger partial charge in [-0.1, -0.05) is 31.4 Å². The van der Waals surface area contributed by atoms with E-state index in [0.717, 1.165) is 31.4 Å². The highest BCUT2D eigenvalue weighted by Gasteiger charge is 2.37. The Morgan fingerprint density at radius 1 is 1.24 bits per heavy atom. The summed E-state index contributed by atoms with van der Waals surface area (Å²) in [4.78, 5) is 11.7. The average Bonchev–Trinajstić information content (AvgIpc) is 2.47. The van der Waals surface area contributed by atoms with E-state index in [9.17, 15) is 18.0 Å². The van der Waals surface area contributed by atoms with Crippen LogP contribution in [0.25, 0.3) is 0 Å². The van der Waals surface area contributed by atoms with E-state index in [-0.39, 0.29) is 12.5 Å². The molecule has 0 heterocycles. The molecule has 0 atom stereocenters. The third kappa shape index (κ3) is 3.56. The topological polar surface area (TPSA) is 55.1 Å². The number of nitrogens with two attached hydrogens (primary N) is 1. The van der Waals surface area contributed by atoms with E-state index >= 15 is 0 Å². The first-order valence-electron chi connectivity index (χ1n) is 7.06. The maximum Gasteiger partial charge on any atom is 0.416 e. The summed E-state index contributed by atoms with van der Waals surface area (Å²) in [7, 11) is 0. The molecule has 1 aliphatic rings. The molecule has 1 amide bonds. The van der Waals surface area contributed by atoms with Crippen molar-refractivity contribution in [2.24, 2.45) is 5.73 Å². The Bertz CT molecular complexity index is 508. The normalized spacial score (nSPS) is 18.3. The summed E-state index contributed by atoms with van der Waals surface area (Å²) in [5, 5.41) is 2.85. The fourth-order valence-electron chi connectivity index (χ4n) is 2.95. The van der Waals surface area contributed by atoms with Gasteiger partial charge in [0.1, 0.15) is 0 Å². The number of halogens is 3. The van der Waals surface area contributed by atoms with E-state index < -0.39 is 17.3 Å². The number of benzene rings is 1. The van der Waals surface area contributed by atoms with Gasteiger partial charge in [-0.05, 0) is 30.5 Å². The van der Waals surface area contributed by atoms with Crippen molar-refractivity contribution in [3.8, 4) is 0 Å². The molecule has 0 bridgehead atoms. The molecule has 6 heteroatoms. The van der Waals surface area contributed by atoms with Crippen LogP contribution in [0.4, 0.5) is 13.2 Å². The second-order valence-electron chi connectivity index (χ2n) is 5.47. The quantitative estimate of drug-likeness (QED) is 0.901. The van der Waals surface area contributed by atoms with Gasteiger partial charge in [0.2, 0.25) is 5.91 Å². The lowest BCUT2D eigenvalue weighted by molar-refractivity contribution is -0.137. The summed E-state index contributed by atoms with van der Waals surface area (Å²) >= 11 is 0. The van der Waals surface area contributed by atoms with Crippen molar-refractivity contribution < 1.29 is 18.0 Å². The van der Waals surface area contributed by atoms with Crippen molar-refractivity contribution in [3.63, 3.8) is 0 Å². The van der Waals surface area contributed by atoms with Gasteiger partial charge < -0.3 is 11.1 Å². The molecule has 3 nitrogen and oxygen atoms in total. The van der Waals surface area contributed by atoms with Crippen LogP contribution in [0.1, 0.15) is 43.2 Å². The summed E-state index contributed by atoms with van der Waals surface area (Å²) in [5.41, 5.74) is 4.43. The minimum absolute atomic E-state index is 0.166. The smallest absolute Gasteiger partial charge is 0.345 e. The molecule has 1 aliphatic carbocycles. The molecule has 0 spiro atoms. The van der Waals surface area contributed by atoms with Gasteiger partial charge >= 0.3 is 6.18 Å². The molecule has 1 aromatic carbocycles. The Labute approximate surface area is 121 Å². The molecule has 3 N–H and O–H groups in total. The number of hydrogen-bond donors (Lipinski definition) is 2. The fourth-order valence-corrected chi connectivity index (χ4v) is 2.95. The number of rotatable bonds is 3. The number of alkyl halides is 3. The molecule has 0 aliphatic heterocycles. The molecule has 0 saturated heterocycles. The van der Waals surface area contributed by atoms with Gasteiger partial charge in [-0.3, -0.25) is 4.79 Å². The predicted octanol–water partition coefficient (Wildman–Crippen LogP) is 2.94. The van der Waals surface area contributed by atoms with Crippen LogP contribution in [0, 0.1) is 0 Å². The van der Waals surface area contributed by atoms with Crippen molar-refractivity contribution in [1.29, 1.82) is 0 Å². The van der Waals surface area contributed by atoms with Crippen LogP contribution < -0.4 is 11.1 Å². The van der Waals surface area contributed by atoms with Crippen LogP contribution in [0.15, 0.2) is 24.3 Å². The number of amides is 1. The van der Waals surface area contributed by atoms with Crippen LogP contribution in [0.2, 0.25) is 0 Å². The lowest BCUT2D eigenvalue weighted by Crippen LogP contribution is -2.49. The third-order valence-corrected chi connectivity index (χ3v) is 4.01. The fraction of sp³-hybridized carbons (Fsp3) is 0.533. The molecule has 0 aromatic heterocycles. The predicted molar refractivity (Wildman–Crippen MR) is 73.4 cm³/mol. The standard InChI is InChI=1S/C15H19F3N2O/c16-15(17,18)12-6-4-5-11(9-12)14(20-13(21)10-19)7-2-1-3-8-14/h4-6,9H,1-3,7-8,10,19H2,(H,20,21). The Morgan fingerprint density at radius 2 is 1.90 bits per heavy atom. The van der Waals surface area contributed by atoms with Crippen LogP contribution in [0.3, 0.4) is 0 Å². The second kappa shape index (κ2) is 6.05. The van der Waals surface area contributed by atoms with E-state index in [1.807, 2.05) is 0 Å². The molecule has 0 radical (unpaired) electrons. The first-order chi connectivity index (χ1) is 9.87. The van der Waals surface area contributed by atoms with Gasteiger partial charge in [-0.2, -0.15) is 13.2 Å². The van der Waals surface area contributed by atoms with Crippen molar-refractivity contribution in [3.05, 3.63) is 35.4 Å². The SMILES string of the molecule is NCC(=O)NC1(c2cccc(C(F)(F)F)c2)CCCCC1. The monoisotopic (exact) mass is 300 g/mol. The second-order valence-corrected chi connectivity index (χ2v) is 5.47. The first-order valence-corrected chi connectivity index (χ1v) is 7.06. The van der Waals surface area contributed by atoms with E-state index in [2.05, 4.69) is 5.32 Å². The molecule has 1 fully saturated rings. The Hall–Kier alpha value is -1.56. The van der Waals surface area contributed by atoms with E-state index in [1.165, 1.54) is 6.07 Å². The first kappa shape index (κ1) is 15.8. The highest BCUT2D eigenvalue weighted by atomic mass is 19.4. The molecule has 0 unspecified atom stereocenters. The summed E-state index contributed by atoms with van der Waals surface area (Å²) in [6.07, 6.45) is -0.328. The van der Waals surface area contributed by atoms with Gasteiger partial charge in [0.05, 0.1) is 17.6 Å². The van der Waals surface area contributed by atoms with Crippen molar-refractivity contribution in [1.82, 2.24) is 5.32 Å². The van der Waals surface area contributed by atoms with E-state index in [1.54, 1.807) is 6.07 Å². The van der Waals surface area contributed by atoms with Gasteiger partial charge in [0.25, 0.3) is 0 Å². The molecule has 2 rings (SSSR count). The zero-order valence-electron chi connectivity index (χ0n) is 11.7. The third-order valence-electron chi connectivity index (χ3n) is 4.01. The highest BCUT2D eigenvalue weighted by Crippen LogP contribution is 2.39. The van der Waals surface area contributed by atoms with Crippen LogP contribution in [-0.4, -0.2) is 12.5 Å². The minimum atomic E-state index is -4.39. The average molecular weight is 300 g/mol. The Kier molecular flexibility index (Phi) is 4.56. The van der Waals surface area contributed by atoms with Crippen LogP contribution >= 0.6 is 0 Å². The maximum absolute atomic E-state index is 12.9. The number of hydrogen-bond acceptors (Lipinski definition) is 2. The van der Waals surface area contributed by atoms with Gasteiger partial charge in [-0.15, -0.1) is 0 Å². The molecule has 116 valence electrons. The number of carbonyl (C=O) groups excluding carboxylic acids is 1. The summed E-state index contributed by atoms with van der Waals surface area (Å²) in [5.74, 6) is -0.339. The zero-order chi connectivity index (χ0) is 15.5. The Morgan fingerprint density at radius 3 is 2.48 bits per heavy atom. The Balaban J connectivity index is 2.39. The van der Waals surface area contributed by atoms with E-state index in [0.29, 0.717) is 18.4 Å². The minimum Gasteiger partial charge on any atom is -0.345 e. The molecule has 21 heavy (non-hydrogen) atoms. The number of nitrogens with one attached hydrogen (secondary N) is 1. The molecular weight excluding hydrogens is 281 g/mol. The lowest BCUT2D eigenvalue weighted by Gasteiger charge is -2.39. The highest BCUT2D eigenvalue weighted by molar-refractivity contribution is 5.78. The van der Waals surface area contributed by atoms with Crippen LogP contribution in [-0.2, 0) is 16.5 Å². The maximum atomic E-state index is 12.9. The molecular formula is C15H19F3N2O. The summed E-state index contributed by atoms with van der Waals surface area (Å²) < 4.78 is 38.6. The van der Waals surface area contributed by atoms with E-state index in [4.69, 9.17) is 5.73 Å². The van der Waals surface area contributed by atoms with Crippen molar-refractivity contribution in [2.75, 3.05) is 6.54 Å².